The van der Waals surface area contributed by atoms with Gasteiger partial charge in [0.25, 0.3) is 5.91 Å². The third kappa shape index (κ3) is 2.27. The van der Waals surface area contributed by atoms with Gasteiger partial charge in [0, 0.05) is 7.05 Å². The Balaban J connectivity index is 1.97. The second-order valence-electron chi connectivity index (χ2n) is 4.95. The number of hydrogen-bond acceptors (Lipinski definition) is 4. The summed E-state index contributed by atoms with van der Waals surface area (Å²) in [5, 5.41) is 10.6. The van der Waals surface area contributed by atoms with Gasteiger partial charge in [-0.05, 0) is 56.1 Å². The number of carbonyl (C=O) groups excluding carboxylic acids is 1. The van der Waals surface area contributed by atoms with Crippen LogP contribution in [0.15, 0.2) is 36.8 Å². The molecule has 0 radical (unpaired) electrons. The van der Waals surface area contributed by atoms with Crippen LogP contribution in [-0.4, -0.2) is 21.3 Å². The number of amides is 1. The zero-order valence-corrected chi connectivity index (χ0v) is 16.4. The van der Waals surface area contributed by atoms with Crippen molar-refractivity contribution in [3.8, 4) is 16.5 Å². The van der Waals surface area contributed by atoms with E-state index >= 15 is 0 Å². The van der Waals surface area contributed by atoms with Gasteiger partial charge in [0.2, 0.25) is 5.88 Å². The predicted molar refractivity (Wildman–Crippen MR) is 100 cm³/mol. The number of aromatic nitrogens is 1. The first-order chi connectivity index (χ1) is 11.0. The number of carbonyl (C=O) groups is 1. The summed E-state index contributed by atoms with van der Waals surface area (Å²) in [6.45, 7) is 0. The second-order valence-corrected chi connectivity index (χ2v) is 9.88. The summed E-state index contributed by atoms with van der Waals surface area (Å²) in [5.41, 5.74) is 2.23. The molecule has 1 aliphatic rings. The lowest BCUT2D eigenvalue weighted by Gasteiger charge is -2.03. The zero-order chi connectivity index (χ0) is 16.3. The minimum atomic E-state index is -0.310. The quantitative estimate of drug-likeness (QED) is 0.569. The Morgan fingerprint density at radius 2 is 1.65 bits per heavy atom. The molecule has 8 heteroatoms. The topological polar surface area (TPSA) is 54.6 Å². The molecule has 4 nitrogen and oxygen atoms in total. The Morgan fingerprint density at radius 3 is 2.22 bits per heavy atom. The molecule has 0 aromatic carbocycles. The number of rotatable bonds is 2. The van der Waals surface area contributed by atoms with Gasteiger partial charge in [-0.3, -0.25) is 4.79 Å². The predicted octanol–water partition coefficient (Wildman–Crippen LogP) is 5.04. The number of nitrogens with zero attached hydrogens (tertiary/aromatic N) is 2. The highest BCUT2D eigenvalue weighted by atomic mass is 79.9. The lowest BCUT2D eigenvalue weighted by Crippen LogP contribution is -1.98. The maximum Gasteiger partial charge on any atom is 0.280 e. The van der Waals surface area contributed by atoms with Gasteiger partial charge in [-0.1, -0.05) is 0 Å². The molecular formula is C15H8Br2N2O2S2. The monoisotopic (exact) mass is 470 g/mol. The van der Waals surface area contributed by atoms with Crippen LogP contribution in [0.1, 0.15) is 20.8 Å². The minimum Gasteiger partial charge on any atom is -0.494 e. The third-order valence-corrected chi connectivity index (χ3v) is 6.90. The largest absolute Gasteiger partial charge is 0.494 e. The van der Waals surface area contributed by atoms with Crippen LogP contribution < -0.4 is 0 Å². The third-order valence-electron chi connectivity index (χ3n) is 3.64. The van der Waals surface area contributed by atoms with Crippen molar-refractivity contribution >= 4 is 66.2 Å². The highest BCUT2D eigenvalue weighted by Crippen LogP contribution is 2.43. The van der Waals surface area contributed by atoms with Crippen LogP contribution in [-0.2, 0) is 7.05 Å². The van der Waals surface area contributed by atoms with Crippen LogP contribution in [0.4, 0.5) is 0 Å². The van der Waals surface area contributed by atoms with E-state index < -0.39 is 0 Å². The molecule has 23 heavy (non-hydrogen) atoms. The van der Waals surface area contributed by atoms with E-state index in [0.717, 1.165) is 17.3 Å². The maximum atomic E-state index is 12.5. The Bertz CT molecular complexity index is 997. The highest BCUT2D eigenvalue weighted by Gasteiger charge is 2.36. The van der Waals surface area contributed by atoms with Crippen molar-refractivity contribution < 1.29 is 9.90 Å². The lowest BCUT2D eigenvalue weighted by molar-refractivity contribution is 0.101. The molecule has 0 atom stereocenters. The summed E-state index contributed by atoms with van der Waals surface area (Å²) in [7, 11) is 1.76. The number of aliphatic imine (C=N–C) groups is 1. The summed E-state index contributed by atoms with van der Waals surface area (Å²) in [6.07, 6.45) is 0. The van der Waals surface area contributed by atoms with Crippen LogP contribution in [0.2, 0.25) is 0 Å². The van der Waals surface area contributed by atoms with Crippen LogP contribution in [0.3, 0.4) is 0 Å². The van der Waals surface area contributed by atoms with Crippen molar-refractivity contribution in [1.82, 2.24) is 4.57 Å². The summed E-state index contributed by atoms with van der Waals surface area (Å²) < 4.78 is 3.57. The van der Waals surface area contributed by atoms with Crippen molar-refractivity contribution in [3.05, 3.63) is 47.8 Å². The molecule has 4 rings (SSSR count). The molecule has 3 aromatic heterocycles. The van der Waals surface area contributed by atoms with E-state index in [9.17, 15) is 9.90 Å². The standard InChI is InChI=1S/C15H8Br2N2O2S2/c1-19-13(7-3-5-9(17)23-7)11-10(15(19)21)12(18-14(11)20)6-2-4-8(16)22-6/h2-5,21H,1H3. The number of thiophene rings is 2. The van der Waals surface area contributed by atoms with Crippen molar-refractivity contribution in [2.45, 2.75) is 0 Å². The molecule has 1 aliphatic heterocycles. The Labute approximate surface area is 156 Å². The fourth-order valence-electron chi connectivity index (χ4n) is 2.67. The van der Waals surface area contributed by atoms with Gasteiger partial charge in [0.15, 0.2) is 0 Å². The van der Waals surface area contributed by atoms with Gasteiger partial charge in [-0.25, -0.2) is 4.99 Å². The normalized spacial score (nSPS) is 13.5. The van der Waals surface area contributed by atoms with Gasteiger partial charge in [-0.2, -0.15) is 0 Å². The molecule has 1 amide bonds. The molecule has 0 saturated carbocycles. The average Bonchev–Trinajstić information content (AvgIpc) is 3.23. The van der Waals surface area contributed by atoms with Gasteiger partial charge < -0.3 is 9.67 Å². The lowest BCUT2D eigenvalue weighted by atomic mass is 10.1. The molecule has 3 aromatic rings. The Hall–Kier alpha value is -1.22. The molecular weight excluding hydrogens is 464 g/mol. The minimum absolute atomic E-state index is 0.0636. The molecule has 0 bridgehead atoms. The first-order valence-corrected chi connectivity index (χ1v) is 9.75. The number of halogens is 2. The Kier molecular flexibility index (Phi) is 3.60. The van der Waals surface area contributed by atoms with Gasteiger partial charge in [0.05, 0.1) is 39.9 Å². The highest BCUT2D eigenvalue weighted by molar-refractivity contribution is 9.11. The van der Waals surface area contributed by atoms with E-state index in [2.05, 4.69) is 36.9 Å². The van der Waals surface area contributed by atoms with E-state index in [1.165, 1.54) is 22.7 Å². The number of hydrogen-bond donors (Lipinski definition) is 1. The van der Waals surface area contributed by atoms with E-state index in [4.69, 9.17) is 0 Å². The molecule has 0 unspecified atom stereocenters. The van der Waals surface area contributed by atoms with Crippen LogP contribution in [0.25, 0.3) is 10.6 Å². The van der Waals surface area contributed by atoms with Crippen molar-refractivity contribution in [3.63, 3.8) is 0 Å². The summed E-state index contributed by atoms with van der Waals surface area (Å²) >= 11 is 9.85. The Morgan fingerprint density at radius 1 is 1.04 bits per heavy atom. The summed E-state index contributed by atoms with van der Waals surface area (Å²) in [6, 6.07) is 7.65. The number of fused-ring (bicyclic) bond motifs is 1. The van der Waals surface area contributed by atoms with Crippen LogP contribution in [0, 0.1) is 0 Å². The number of aromatic hydroxyl groups is 1. The van der Waals surface area contributed by atoms with E-state index in [0.29, 0.717) is 22.5 Å². The van der Waals surface area contributed by atoms with Crippen molar-refractivity contribution in [2.75, 3.05) is 0 Å². The van der Waals surface area contributed by atoms with Crippen LogP contribution >= 0.6 is 54.5 Å². The van der Waals surface area contributed by atoms with Gasteiger partial charge in [-0.15, -0.1) is 22.7 Å². The molecule has 0 saturated heterocycles. The smallest absolute Gasteiger partial charge is 0.280 e. The van der Waals surface area contributed by atoms with E-state index in [-0.39, 0.29) is 11.8 Å². The van der Waals surface area contributed by atoms with E-state index in [1.807, 2.05) is 24.3 Å². The zero-order valence-electron chi connectivity index (χ0n) is 11.6. The fraction of sp³-hybridized carbons (Fsp3) is 0.0667. The second kappa shape index (κ2) is 5.41. The van der Waals surface area contributed by atoms with Gasteiger partial charge >= 0.3 is 0 Å². The van der Waals surface area contributed by atoms with E-state index in [1.54, 1.807) is 11.6 Å². The molecule has 0 fully saturated rings. The van der Waals surface area contributed by atoms with Crippen LogP contribution in [0.5, 0.6) is 5.88 Å². The molecule has 0 aliphatic carbocycles. The SMILES string of the molecule is Cn1c(O)c2c(c1-c1ccc(Br)s1)C(=O)N=C2c1ccc(Br)s1. The molecule has 0 spiro atoms. The van der Waals surface area contributed by atoms with Crippen molar-refractivity contribution in [2.24, 2.45) is 12.0 Å². The first kappa shape index (κ1) is 15.3. The summed E-state index contributed by atoms with van der Waals surface area (Å²) in [4.78, 5) is 18.4. The average molecular weight is 472 g/mol. The fourth-order valence-corrected chi connectivity index (χ4v) is 5.52. The summed E-state index contributed by atoms with van der Waals surface area (Å²) in [5.74, 6) is -0.247. The van der Waals surface area contributed by atoms with Gasteiger partial charge in [0.1, 0.15) is 0 Å². The van der Waals surface area contributed by atoms with Crippen molar-refractivity contribution in [1.29, 1.82) is 0 Å². The molecule has 1 N–H and O–H groups in total. The maximum absolute atomic E-state index is 12.5. The molecule has 116 valence electrons. The molecule has 4 heterocycles. The first-order valence-electron chi connectivity index (χ1n) is 6.54.